The molecule has 2 unspecified atom stereocenters. The Hall–Kier alpha value is -3.43. The molecule has 4 N–H and O–H groups in total. The second-order valence-corrected chi connectivity index (χ2v) is 13.4. The Balaban J connectivity index is 1.43. The highest BCUT2D eigenvalue weighted by Crippen LogP contribution is 2.28. The second kappa shape index (κ2) is 18.8. The number of rotatable bonds is 18. The Labute approximate surface area is 280 Å². The number of carbonyl (C=O) groups is 4. The van der Waals surface area contributed by atoms with Crippen molar-refractivity contribution in [2.24, 2.45) is 5.41 Å². The molecule has 1 aromatic carbocycles. The number of aliphatic hydroxyl groups excluding tert-OH is 1. The van der Waals surface area contributed by atoms with E-state index in [-0.39, 0.29) is 50.3 Å². The summed E-state index contributed by atoms with van der Waals surface area (Å²) in [5.74, 6) is -1.23. The minimum atomic E-state index is -0.910. The van der Waals surface area contributed by atoms with E-state index < -0.39 is 29.5 Å². The average Bonchev–Trinajstić information content (AvgIpc) is 3.63. The maximum Gasteiger partial charge on any atom is 0.246 e. The Morgan fingerprint density at radius 3 is 2.23 bits per heavy atom. The van der Waals surface area contributed by atoms with Gasteiger partial charge in [0.05, 0.1) is 61.8 Å². The molecular formula is C33H49N5O8S. The van der Waals surface area contributed by atoms with Crippen molar-refractivity contribution in [3.8, 4) is 10.4 Å². The number of amides is 4. The van der Waals surface area contributed by atoms with Gasteiger partial charge in [0.1, 0.15) is 12.1 Å². The van der Waals surface area contributed by atoms with Crippen LogP contribution in [0.3, 0.4) is 0 Å². The van der Waals surface area contributed by atoms with Crippen molar-refractivity contribution in [3.05, 3.63) is 41.0 Å². The largest absolute Gasteiger partial charge is 0.391 e. The maximum absolute atomic E-state index is 13.8. The first-order valence-electron chi connectivity index (χ1n) is 15.9. The molecule has 47 heavy (non-hydrogen) atoms. The predicted octanol–water partition coefficient (Wildman–Crippen LogP) is 1.80. The van der Waals surface area contributed by atoms with E-state index in [2.05, 4.69) is 20.9 Å². The predicted molar refractivity (Wildman–Crippen MR) is 177 cm³/mol. The first-order valence-corrected chi connectivity index (χ1v) is 16.8. The molecule has 0 saturated carbocycles. The number of aromatic nitrogens is 1. The standard InChI is InChI=1S/C33H49N5O8S/c1-22-29(47-21-36-22)25-8-6-24(7-9-25)19-35-31(42)27-18-26(40)20-38(27)32(43)30(33(3,4)5)37-28(41)10-12-44-14-16-46-17-15-45-13-11-34-23(2)39/h6-9,21,26-27,30,40H,10-20H2,1-5H3,(H,34,39)(H,35,42)(H,37,41)/t26-,27?,30?/m1/s1. The fourth-order valence-corrected chi connectivity index (χ4v) is 5.83. The Bertz CT molecular complexity index is 1310. The van der Waals surface area contributed by atoms with Gasteiger partial charge in [0, 0.05) is 39.4 Å². The number of hydrogen-bond acceptors (Lipinski definition) is 10. The summed E-state index contributed by atoms with van der Waals surface area (Å²) in [7, 11) is 0. The Morgan fingerprint density at radius 1 is 1.00 bits per heavy atom. The van der Waals surface area contributed by atoms with Crippen LogP contribution < -0.4 is 16.0 Å². The molecule has 1 aromatic heterocycles. The van der Waals surface area contributed by atoms with E-state index in [0.717, 1.165) is 21.7 Å². The molecule has 14 heteroatoms. The zero-order chi connectivity index (χ0) is 34.4. The lowest BCUT2D eigenvalue weighted by atomic mass is 9.85. The molecule has 1 aliphatic rings. The molecule has 2 heterocycles. The molecule has 3 atom stereocenters. The Morgan fingerprint density at radius 2 is 1.64 bits per heavy atom. The van der Waals surface area contributed by atoms with Gasteiger partial charge in [-0.1, -0.05) is 45.0 Å². The zero-order valence-corrected chi connectivity index (χ0v) is 28.8. The third kappa shape index (κ3) is 12.6. The highest BCUT2D eigenvalue weighted by molar-refractivity contribution is 7.13. The number of β-amino-alcohol motifs (C(OH)–C–C–N with tert-alkyl or cyclic N) is 1. The van der Waals surface area contributed by atoms with E-state index in [4.69, 9.17) is 14.2 Å². The van der Waals surface area contributed by atoms with Crippen molar-refractivity contribution in [2.45, 2.75) is 72.2 Å². The highest BCUT2D eigenvalue weighted by atomic mass is 32.1. The first-order chi connectivity index (χ1) is 22.4. The quantitative estimate of drug-likeness (QED) is 0.172. The maximum atomic E-state index is 13.8. The van der Waals surface area contributed by atoms with Crippen molar-refractivity contribution in [1.82, 2.24) is 25.8 Å². The van der Waals surface area contributed by atoms with Gasteiger partial charge in [-0.2, -0.15) is 0 Å². The van der Waals surface area contributed by atoms with Gasteiger partial charge in [0.15, 0.2) is 0 Å². The molecule has 0 bridgehead atoms. The van der Waals surface area contributed by atoms with Gasteiger partial charge in [-0.15, -0.1) is 11.3 Å². The third-order valence-electron chi connectivity index (χ3n) is 7.55. The number of benzene rings is 1. The van der Waals surface area contributed by atoms with Crippen LogP contribution in [-0.4, -0.2) is 110 Å². The summed E-state index contributed by atoms with van der Waals surface area (Å²) in [4.78, 5) is 57.4. The zero-order valence-electron chi connectivity index (χ0n) is 28.0. The van der Waals surface area contributed by atoms with Crippen molar-refractivity contribution >= 4 is 35.0 Å². The topological polar surface area (TPSA) is 168 Å². The van der Waals surface area contributed by atoms with Gasteiger partial charge in [-0.05, 0) is 23.5 Å². The fourth-order valence-electron chi connectivity index (χ4n) is 5.02. The third-order valence-corrected chi connectivity index (χ3v) is 8.53. The number of hydrogen-bond donors (Lipinski definition) is 4. The number of aryl methyl sites for hydroxylation is 1. The van der Waals surface area contributed by atoms with Gasteiger partial charge in [0.2, 0.25) is 23.6 Å². The van der Waals surface area contributed by atoms with Gasteiger partial charge in [-0.3, -0.25) is 19.2 Å². The first kappa shape index (κ1) is 38.0. The lowest BCUT2D eigenvalue weighted by molar-refractivity contribution is -0.144. The molecule has 2 aromatic rings. The van der Waals surface area contributed by atoms with Crippen LogP contribution in [-0.2, 0) is 39.9 Å². The van der Waals surface area contributed by atoms with Crippen molar-refractivity contribution in [2.75, 3.05) is 52.7 Å². The van der Waals surface area contributed by atoms with Crippen LogP contribution in [0.1, 0.15) is 51.8 Å². The molecule has 0 radical (unpaired) electrons. The number of carbonyl (C=O) groups excluding carboxylic acids is 4. The van der Waals surface area contributed by atoms with E-state index in [1.165, 1.54) is 11.8 Å². The van der Waals surface area contributed by atoms with E-state index in [1.54, 1.807) is 11.3 Å². The second-order valence-electron chi connectivity index (χ2n) is 12.5. The van der Waals surface area contributed by atoms with Crippen LogP contribution in [0.25, 0.3) is 10.4 Å². The summed E-state index contributed by atoms with van der Waals surface area (Å²) < 4.78 is 16.3. The number of likely N-dealkylation sites (tertiary alicyclic amines) is 1. The van der Waals surface area contributed by atoms with Crippen LogP contribution in [0.2, 0.25) is 0 Å². The van der Waals surface area contributed by atoms with E-state index in [9.17, 15) is 24.3 Å². The van der Waals surface area contributed by atoms with Gasteiger partial charge in [-0.25, -0.2) is 4.98 Å². The Kier molecular flexibility index (Phi) is 15.2. The summed E-state index contributed by atoms with van der Waals surface area (Å²) in [6.07, 6.45) is -0.690. The number of aliphatic hydroxyl groups is 1. The minimum absolute atomic E-state index is 0.00568. The van der Waals surface area contributed by atoms with Crippen LogP contribution >= 0.6 is 11.3 Å². The highest BCUT2D eigenvalue weighted by Gasteiger charge is 2.44. The average molecular weight is 676 g/mol. The molecule has 1 fully saturated rings. The van der Waals surface area contributed by atoms with Crippen LogP contribution in [0.4, 0.5) is 0 Å². The van der Waals surface area contributed by atoms with Crippen molar-refractivity contribution in [1.29, 1.82) is 0 Å². The number of ether oxygens (including phenoxy) is 3. The molecular weight excluding hydrogens is 626 g/mol. The smallest absolute Gasteiger partial charge is 0.246 e. The van der Waals surface area contributed by atoms with Crippen LogP contribution in [0.5, 0.6) is 0 Å². The van der Waals surface area contributed by atoms with Gasteiger partial charge < -0.3 is 40.2 Å². The number of nitrogens with zero attached hydrogens (tertiary/aromatic N) is 2. The number of nitrogens with one attached hydrogen (secondary N) is 3. The summed E-state index contributed by atoms with van der Waals surface area (Å²) in [6.45, 7) is 11.6. The molecule has 260 valence electrons. The number of thiazole rings is 1. The summed E-state index contributed by atoms with van der Waals surface area (Å²) in [5, 5.41) is 18.8. The molecule has 13 nitrogen and oxygen atoms in total. The molecule has 1 aliphatic heterocycles. The lowest BCUT2D eigenvalue weighted by Gasteiger charge is -2.35. The molecule has 1 saturated heterocycles. The fraction of sp³-hybridized carbons (Fsp3) is 0.606. The monoisotopic (exact) mass is 675 g/mol. The van der Waals surface area contributed by atoms with Gasteiger partial charge >= 0.3 is 0 Å². The normalized spacial score (nSPS) is 16.9. The molecule has 3 rings (SSSR count). The van der Waals surface area contributed by atoms with E-state index >= 15 is 0 Å². The SMILES string of the molecule is CC(=O)NCCOCCOCCOCCC(=O)NC(C(=O)N1C[C@H](O)CC1C(=O)NCc1ccc(-c2scnc2C)cc1)C(C)(C)C. The lowest BCUT2D eigenvalue weighted by Crippen LogP contribution is -2.57. The molecule has 0 aliphatic carbocycles. The summed E-state index contributed by atoms with van der Waals surface area (Å²) >= 11 is 1.57. The van der Waals surface area contributed by atoms with Crippen molar-refractivity contribution in [3.63, 3.8) is 0 Å². The minimum Gasteiger partial charge on any atom is -0.391 e. The summed E-state index contributed by atoms with van der Waals surface area (Å²) in [5.41, 5.74) is 4.08. The van der Waals surface area contributed by atoms with E-state index in [1.807, 2.05) is 57.5 Å². The molecule has 4 amide bonds. The van der Waals surface area contributed by atoms with Crippen molar-refractivity contribution < 1.29 is 38.5 Å². The van der Waals surface area contributed by atoms with Gasteiger partial charge in [0.25, 0.3) is 0 Å². The molecule has 0 spiro atoms. The van der Waals surface area contributed by atoms with Crippen LogP contribution in [0, 0.1) is 12.3 Å². The van der Waals surface area contributed by atoms with E-state index in [0.29, 0.717) is 39.6 Å². The van der Waals surface area contributed by atoms with Crippen LogP contribution in [0.15, 0.2) is 29.8 Å². The summed E-state index contributed by atoms with van der Waals surface area (Å²) in [6, 6.07) is 6.10.